The van der Waals surface area contributed by atoms with E-state index in [9.17, 15) is 9.65 Å². The molecule has 0 spiro atoms. The van der Waals surface area contributed by atoms with Crippen molar-refractivity contribution in [3.8, 4) is 34.3 Å². The van der Waals surface area contributed by atoms with Crippen LogP contribution in [-0.2, 0) is 6.61 Å². The van der Waals surface area contributed by atoms with Gasteiger partial charge in [0.05, 0.1) is 10.7 Å². The van der Waals surface area contributed by atoms with Gasteiger partial charge in [-0.05, 0) is 59.7 Å². The molecule has 0 N–H and O–H groups in total. The molecule has 7 heteroatoms. The summed E-state index contributed by atoms with van der Waals surface area (Å²) in [6.45, 7) is 0.197. The Morgan fingerprint density at radius 1 is 0.844 bits per heavy atom. The molecule has 0 saturated heterocycles. The van der Waals surface area contributed by atoms with E-state index in [1.807, 2.05) is 12.1 Å². The van der Waals surface area contributed by atoms with Crippen molar-refractivity contribution in [2.24, 2.45) is 0 Å². The monoisotopic (exact) mass is 482 g/mol. The summed E-state index contributed by atoms with van der Waals surface area (Å²) in [5, 5.41) is 11.2. The van der Waals surface area contributed by atoms with Crippen LogP contribution in [0.25, 0.3) is 22.4 Å². The topological polar surface area (TPSA) is 45.9 Å². The summed E-state index contributed by atoms with van der Waals surface area (Å²) in [5.74, 6) is -0.203. The van der Waals surface area contributed by atoms with E-state index in [1.54, 1.807) is 48.5 Å². The van der Waals surface area contributed by atoms with Gasteiger partial charge in [-0.2, -0.15) is 5.26 Å². The zero-order valence-corrected chi connectivity index (χ0v) is 18.7. The van der Waals surface area contributed by atoms with Gasteiger partial charge in [-0.3, -0.25) is 0 Å². The molecule has 0 unspecified atom stereocenters. The van der Waals surface area contributed by atoms with Crippen molar-refractivity contribution in [2.75, 3.05) is 0 Å². The number of rotatable bonds is 5. The minimum atomic E-state index is -0.365. The normalized spacial score (nSPS) is 10.6. The largest absolute Gasteiger partial charge is 0.472 e. The SMILES string of the molecule is N#Cc1cc(-c2ccc(F)cc2)c(-c2ccc(Cl)cc2Cl)nc1OCc1ccc(Cl)cc1. The summed E-state index contributed by atoms with van der Waals surface area (Å²) >= 11 is 18.5. The van der Waals surface area contributed by atoms with E-state index in [-0.39, 0.29) is 23.9 Å². The van der Waals surface area contributed by atoms with Gasteiger partial charge in [0.1, 0.15) is 24.1 Å². The predicted molar refractivity (Wildman–Crippen MR) is 126 cm³/mol. The first-order valence-electron chi connectivity index (χ1n) is 9.48. The molecule has 4 rings (SSSR count). The standard InChI is InChI=1S/C25H14Cl3FN2O/c26-18-5-1-15(2-6-18)14-32-25-17(13-30)11-22(16-3-8-20(29)9-4-16)24(31-25)21-10-7-19(27)12-23(21)28/h1-12H,14H2. The highest BCUT2D eigenvalue weighted by molar-refractivity contribution is 6.36. The predicted octanol–water partition coefficient (Wildman–Crippen LogP) is 7.97. The lowest BCUT2D eigenvalue weighted by Gasteiger charge is -2.15. The third-order valence-corrected chi connectivity index (χ3v) is 5.54. The maximum Gasteiger partial charge on any atom is 0.232 e. The zero-order chi connectivity index (χ0) is 22.7. The lowest BCUT2D eigenvalue weighted by atomic mass is 9.97. The molecule has 0 atom stereocenters. The Bertz CT molecular complexity index is 1320. The lowest BCUT2D eigenvalue weighted by Crippen LogP contribution is -2.02. The average molecular weight is 484 g/mol. The third-order valence-electron chi connectivity index (χ3n) is 4.74. The summed E-state index contributed by atoms with van der Waals surface area (Å²) < 4.78 is 19.4. The lowest BCUT2D eigenvalue weighted by molar-refractivity contribution is 0.293. The molecule has 32 heavy (non-hydrogen) atoms. The second kappa shape index (κ2) is 9.58. The van der Waals surface area contributed by atoms with Crippen LogP contribution < -0.4 is 4.74 Å². The van der Waals surface area contributed by atoms with Crippen LogP contribution in [0.3, 0.4) is 0 Å². The Morgan fingerprint density at radius 3 is 2.19 bits per heavy atom. The first-order chi connectivity index (χ1) is 15.4. The van der Waals surface area contributed by atoms with E-state index in [1.165, 1.54) is 12.1 Å². The molecule has 0 aliphatic heterocycles. The summed E-state index contributed by atoms with van der Waals surface area (Å²) in [7, 11) is 0. The number of halogens is 4. The number of pyridine rings is 1. The van der Waals surface area contributed by atoms with Gasteiger partial charge in [-0.1, -0.05) is 59.1 Å². The molecule has 158 valence electrons. The van der Waals surface area contributed by atoms with Crippen LogP contribution in [0, 0.1) is 17.1 Å². The molecule has 1 heterocycles. The number of aromatic nitrogens is 1. The van der Waals surface area contributed by atoms with Gasteiger partial charge in [-0.15, -0.1) is 0 Å². The molecule has 4 aromatic rings. The maximum absolute atomic E-state index is 13.5. The third kappa shape index (κ3) is 4.87. The van der Waals surface area contributed by atoms with Crippen molar-refractivity contribution in [1.29, 1.82) is 5.26 Å². The molecule has 0 radical (unpaired) electrons. The van der Waals surface area contributed by atoms with Gasteiger partial charge in [0.15, 0.2) is 0 Å². The molecule has 0 saturated carbocycles. The van der Waals surface area contributed by atoms with Crippen LogP contribution >= 0.6 is 34.8 Å². The van der Waals surface area contributed by atoms with Crippen LogP contribution in [0.15, 0.2) is 72.8 Å². The smallest absolute Gasteiger partial charge is 0.232 e. The molecular formula is C25H14Cl3FN2O. The van der Waals surface area contributed by atoms with Crippen LogP contribution in [0.2, 0.25) is 15.1 Å². The van der Waals surface area contributed by atoms with Crippen molar-refractivity contribution in [3.05, 3.63) is 105 Å². The van der Waals surface area contributed by atoms with Crippen molar-refractivity contribution >= 4 is 34.8 Å². The van der Waals surface area contributed by atoms with Gasteiger partial charge in [0.25, 0.3) is 0 Å². The van der Waals surface area contributed by atoms with E-state index in [4.69, 9.17) is 39.5 Å². The van der Waals surface area contributed by atoms with Crippen molar-refractivity contribution in [1.82, 2.24) is 4.98 Å². The number of benzene rings is 3. The second-order valence-corrected chi connectivity index (χ2v) is 8.18. The minimum absolute atomic E-state index is 0.161. The number of ether oxygens (including phenoxy) is 1. The first kappa shape index (κ1) is 22.1. The summed E-state index contributed by atoms with van der Waals surface area (Å²) in [6, 6.07) is 22.0. The average Bonchev–Trinajstić information content (AvgIpc) is 2.79. The zero-order valence-electron chi connectivity index (χ0n) is 16.4. The van der Waals surface area contributed by atoms with E-state index in [2.05, 4.69) is 11.1 Å². The summed E-state index contributed by atoms with van der Waals surface area (Å²) in [4.78, 5) is 4.64. The number of hydrogen-bond acceptors (Lipinski definition) is 3. The summed E-state index contributed by atoms with van der Waals surface area (Å²) in [5.41, 5.74) is 3.51. The van der Waals surface area contributed by atoms with E-state index in [0.29, 0.717) is 37.5 Å². The van der Waals surface area contributed by atoms with Crippen LogP contribution in [0.1, 0.15) is 11.1 Å². The van der Waals surface area contributed by atoms with Crippen molar-refractivity contribution in [2.45, 2.75) is 6.61 Å². The first-order valence-corrected chi connectivity index (χ1v) is 10.6. The highest BCUT2D eigenvalue weighted by atomic mass is 35.5. The molecule has 3 aromatic carbocycles. The number of nitriles is 1. The van der Waals surface area contributed by atoms with Crippen LogP contribution in [-0.4, -0.2) is 4.98 Å². The van der Waals surface area contributed by atoms with Crippen LogP contribution in [0.4, 0.5) is 4.39 Å². The Hall–Kier alpha value is -3.10. The Morgan fingerprint density at radius 2 is 1.53 bits per heavy atom. The highest BCUT2D eigenvalue weighted by Gasteiger charge is 2.18. The minimum Gasteiger partial charge on any atom is -0.472 e. The second-order valence-electron chi connectivity index (χ2n) is 6.90. The fourth-order valence-electron chi connectivity index (χ4n) is 3.16. The van der Waals surface area contributed by atoms with Gasteiger partial charge in [0, 0.05) is 21.2 Å². The van der Waals surface area contributed by atoms with E-state index in [0.717, 1.165) is 5.56 Å². The molecule has 0 fully saturated rings. The van der Waals surface area contributed by atoms with Crippen molar-refractivity contribution < 1.29 is 9.13 Å². The summed E-state index contributed by atoms with van der Waals surface area (Å²) in [6.07, 6.45) is 0. The Labute approximate surface area is 199 Å². The fraction of sp³-hybridized carbons (Fsp3) is 0.0400. The molecule has 0 bridgehead atoms. The quantitative estimate of drug-likeness (QED) is 0.289. The van der Waals surface area contributed by atoms with Gasteiger partial charge >= 0.3 is 0 Å². The van der Waals surface area contributed by atoms with E-state index >= 15 is 0 Å². The molecule has 3 nitrogen and oxygen atoms in total. The van der Waals surface area contributed by atoms with Gasteiger partial charge < -0.3 is 4.74 Å². The fourth-order valence-corrected chi connectivity index (χ4v) is 3.78. The highest BCUT2D eigenvalue weighted by Crippen LogP contribution is 2.38. The molecule has 0 amide bonds. The van der Waals surface area contributed by atoms with Gasteiger partial charge in [-0.25, -0.2) is 9.37 Å². The molecule has 0 aliphatic carbocycles. The number of hydrogen-bond donors (Lipinski definition) is 0. The van der Waals surface area contributed by atoms with E-state index < -0.39 is 0 Å². The molecule has 0 aliphatic rings. The van der Waals surface area contributed by atoms with Crippen molar-refractivity contribution in [3.63, 3.8) is 0 Å². The van der Waals surface area contributed by atoms with Crippen LogP contribution in [0.5, 0.6) is 5.88 Å². The Balaban J connectivity index is 1.83. The van der Waals surface area contributed by atoms with Gasteiger partial charge in [0.2, 0.25) is 5.88 Å². The number of nitrogens with zero attached hydrogens (tertiary/aromatic N) is 2. The molecular weight excluding hydrogens is 470 g/mol. The Kier molecular flexibility index (Phi) is 6.62. The molecule has 1 aromatic heterocycles. The maximum atomic E-state index is 13.5.